The van der Waals surface area contributed by atoms with Crippen molar-refractivity contribution in [1.82, 2.24) is 4.72 Å². The normalized spacial score (nSPS) is 13.1. The first-order chi connectivity index (χ1) is 9.65. The molecule has 0 bridgehead atoms. The summed E-state index contributed by atoms with van der Waals surface area (Å²) in [6, 6.07) is 1.97. The predicted octanol–water partition coefficient (Wildman–Crippen LogP) is 1.33. The molecule has 1 aromatic rings. The zero-order valence-electron chi connectivity index (χ0n) is 10.9. The Balaban J connectivity index is 3.03. The average Bonchev–Trinajstić information content (AvgIpc) is 2.36. The van der Waals surface area contributed by atoms with Crippen LogP contribution in [0.15, 0.2) is 21.5 Å². The zero-order valence-corrected chi connectivity index (χ0v) is 14.1. The van der Waals surface area contributed by atoms with Gasteiger partial charge in [0, 0.05) is 33.8 Å². The van der Waals surface area contributed by atoms with E-state index < -0.39 is 43.1 Å². The standard InChI is InChI=1S/C11H13BrFNO5S2/c1-20(17)4-2-3-14-21(18,19)9-6-7(12)5-8(10(9)13)11(15)16/h5-6,14H,2-4H2,1H3,(H,15,16). The molecule has 0 aliphatic carbocycles. The highest BCUT2D eigenvalue weighted by Gasteiger charge is 2.24. The van der Waals surface area contributed by atoms with Crippen LogP contribution in [-0.2, 0) is 20.8 Å². The van der Waals surface area contributed by atoms with Gasteiger partial charge in [-0.3, -0.25) is 4.21 Å². The topological polar surface area (TPSA) is 101 Å². The van der Waals surface area contributed by atoms with Crippen molar-refractivity contribution in [3.63, 3.8) is 0 Å². The van der Waals surface area contributed by atoms with Gasteiger partial charge in [0.15, 0.2) is 5.82 Å². The van der Waals surface area contributed by atoms with Gasteiger partial charge in [-0.2, -0.15) is 0 Å². The zero-order chi connectivity index (χ0) is 16.2. The van der Waals surface area contributed by atoms with Gasteiger partial charge in [0.2, 0.25) is 10.0 Å². The summed E-state index contributed by atoms with van der Waals surface area (Å²) in [6.07, 6.45) is 1.81. The van der Waals surface area contributed by atoms with E-state index >= 15 is 0 Å². The summed E-state index contributed by atoms with van der Waals surface area (Å²) >= 11 is 2.95. The van der Waals surface area contributed by atoms with Crippen LogP contribution in [0, 0.1) is 5.82 Å². The lowest BCUT2D eigenvalue weighted by atomic mass is 10.2. The third-order valence-corrected chi connectivity index (χ3v) is 5.21. The molecule has 0 aliphatic rings. The molecule has 21 heavy (non-hydrogen) atoms. The maximum Gasteiger partial charge on any atom is 0.338 e. The van der Waals surface area contributed by atoms with E-state index in [1.54, 1.807) is 0 Å². The second-order valence-electron chi connectivity index (χ2n) is 4.10. The lowest BCUT2D eigenvalue weighted by molar-refractivity contribution is 0.0691. The van der Waals surface area contributed by atoms with Crippen molar-refractivity contribution in [3.05, 3.63) is 28.0 Å². The number of hydrogen-bond acceptors (Lipinski definition) is 4. The smallest absolute Gasteiger partial charge is 0.338 e. The van der Waals surface area contributed by atoms with Crippen LogP contribution < -0.4 is 4.72 Å². The molecule has 0 heterocycles. The molecule has 10 heteroatoms. The van der Waals surface area contributed by atoms with Crippen molar-refractivity contribution in [2.24, 2.45) is 0 Å². The van der Waals surface area contributed by atoms with Gasteiger partial charge in [-0.25, -0.2) is 22.3 Å². The summed E-state index contributed by atoms with van der Waals surface area (Å²) in [6.45, 7) is -0.0176. The second kappa shape index (κ2) is 7.43. The molecule has 0 amide bonds. The minimum atomic E-state index is -4.18. The minimum Gasteiger partial charge on any atom is -0.478 e. The number of sulfonamides is 1. The maximum absolute atomic E-state index is 14.0. The molecule has 0 saturated carbocycles. The molecule has 0 aliphatic heterocycles. The van der Waals surface area contributed by atoms with E-state index in [0.29, 0.717) is 12.2 Å². The fourth-order valence-electron chi connectivity index (χ4n) is 1.48. The Morgan fingerprint density at radius 2 is 2.10 bits per heavy atom. The third kappa shape index (κ3) is 5.13. The molecule has 1 rings (SSSR count). The Labute approximate surface area is 132 Å². The molecule has 6 nitrogen and oxygen atoms in total. The van der Waals surface area contributed by atoms with Gasteiger partial charge in [0.05, 0.1) is 5.56 Å². The number of carboxylic acids is 1. The molecule has 1 unspecified atom stereocenters. The van der Waals surface area contributed by atoms with E-state index in [2.05, 4.69) is 20.7 Å². The number of benzene rings is 1. The molecule has 0 spiro atoms. The number of rotatable bonds is 7. The number of hydrogen-bond donors (Lipinski definition) is 2. The molecule has 0 aromatic heterocycles. The Morgan fingerprint density at radius 3 is 2.62 bits per heavy atom. The number of carboxylic acid groups (broad SMARTS) is 1. The fourth-order valence-corrected chi connectivity index (χ4v) is 3.83. The molecule has 0 radical (unpaired) electrons. The monoisotopic (exact) mass is 401 g/mol. The highest BCUT2D eigenvalue weighted by Crippen LogP contribution is 2.24. The summed E-state index contributed by atoms with van der Waals surface area (Å²) < 4.78 is 51.1. The molecule has 1 atom stereocenters. The summed E-state index contributed by atoms with van der Waals surface area (Å²) in [7, 11) is -5.24. The lowest BCUT2D eigenvalue weighted by Gasteiger charge is -2.09. The van der Waals surface area contributed by atoms with Crippen LogP contribution in [0.25, 0.3) is 0 Å². The van der Waals surface area contributed by atoms with Crippen molar-refractivity contribution in [2.45, 2.75) is 11.3 Å². The second-order valence-corrected chi connectivity index (χ2v) is 8.30. The van der Waals surface area contributed by atoms with Gasteiger partial charge in [-0.15, -0.1) is 0 Å². The van der Waals surface area contributed by atoms with Gasteiger partial charge < -0.3 is 5.11 Å². The molecular formula is C11H13BrFNO5S2. The van der Waals surface area contributed by atoms with Crippen molar-refractivity contribution in [3.8, 4) is 0 Å². The van der Waals surface area contributed by atoms with E-state index in [0.717, 1.165) is 12.1 Å². The van der Waals surface area contributed by atoms with Crippen molar-refractivity contribution >= 4 is 42.7 Å². The molecule has 1 aromatic carbocycles. The van der Waals surface area contributed by atoms with E-state index in [1.807, 2.05) is 0 Å². The van der Waals surface area contributed by atoms with Gasteiger partial charge in [-0.05, 0) is 18.6 Å². The van der Waals surface area contributed by atoms with E-state index in [4.69, 9.17) is 5.11 Å². The molecule has 0 saturated heterocycles. The molecule has 0 fully saturated rings. The van der Waals surface area contributed by atoms with Gasteiger partial charge in [0.25, 0.3) is 0 Å². The third-order valence-electron chi connectivity index (χ3n) is 2.42. The van der Waals surface area contributed by atoms with Gasteiger partial charge in [0.1, 0.15) is 4.90 Å². The largest absolute Gasteiger partial charge is 0.478 e. The SMILES string of the molecule is CS(=O)CCCNS(=O)(=O)c1cc(Br)cc(C(=O)O)c1F. The number of halogens is 2. The van der Waals surface area contributed by atoms with Crippen molar-refractivity contribution in [1.29, 1.82) is 0 Å². The summed E-state index contributed by atoms with van der Waals surface area (Å²) in [5.41, 5.74) is -0.737. The van der Waals surface area contributed by atoms with Crippen molar-refractivity contribution in [2.75, 3.05) is 18.6 Å². The van der Waals surface area contributed by atoms with Crippen LogP contribution >= 0.6 is 15.9 Å². The van der Waals surface area contributed by atoms with E-state index in [-0.39, 0.29) is 11.0 Å². The van der Waals surface area contributed by atoms with Crippen LogP contribution in [-0.4, -0.2) is 42.3 Å². The molecular weight excluding hydrogens is 389 g/mol. The first kappa shape index (κ1) is 18.2. The van der Waals surface area contributed by atoms with Crippen LogP contribution in [0.5, 0.6) is 0 Å². The maximum atomic E-state index is 14.0. The van der Waals surface area contributed by atoms with E-state index in [9.17, 15) is 21.8 Å². The summed E-state index contributed by atoms with van der Waals surface area (Å²) in [5, 5.41) is 8.85. The summed E-state index contributed by atoms with van der Waals surface area (Å²) in [5.74, 6) is -2.58. The summed E-state index contributed by atoms with van der Waals surface area (Å²) in [4.78, 5) is 10.1. The number of aromatic carboxylic acids is 1. The van der Waals surface area contributed by atoms with Crippen LogP contribution in [0.4, 0.5) is 4.39 Å². The quantitative estimate of drug-likeness (QED) is 0.671. The highest BCUT2D eigenvalue weighted by atomic mass is 79.9. The Kier molecular flexibility index (Phi) is 6.44. The Bertz CT molecular complexity index is 677. The predicted molar refractivity (Wildman–Crippen MR) is 79.8 cm³/mol. The molecule has 118 valence electrons. The number of nitrogens with one attached hydrogen (secondary N) is 1. The first-order valence-electron chi connectivity index (χ1n) is 5.67. The first-order valence-corrected chi connectivity index (χ1v) is 9.67. The number of carbonyl (C=O) groups is 1. The van der Waals surface area contributed by atoms with Gasteiger partial charge in [-0.1, -0.05) is 15.9 Å². The van der Waals surface area contributed by atoms with Crippen LogP contribution in [0.3, 0.4) is 0 Å². The molecule has 2 N–H and O–H groups in total. The Morgan fingerprint density at radius 1 is 1.48 bits per heavy atom. The van der Waals surface area contributed by atoms with Crippen LogP contribution in [0.2, 0.25) is 0 Å². The highest BCUT2D eigenvalue weighted by molar-refractivity contribution is 9.10. The van der Waals surface area contributed by atoms with Gasteiger partial charge >= 0.3 is 5.97 Å². The van der Waals surface area contributed by atoms with Crippen molar-refractivity contribution < 1.29 is 26.9 Å². The minimum absolute atomic E-state index is 0.0176. The van der Waals surface area contributed by atoms with Crippen LogP contribution in [0.1, 0.15) is 16.8 Å². The van der Waals surface area contributed by atoms with E-state index in [1.165, 1.54) is 6.26 Å². The Hall–Kier alpha value is -0.840. The lowest BCUT2D eigenvalue weighted by Crippen LogP contribution is -2.27. The average molecular weight is 402 g/mol. The fraction of sp³-hybridized carbons (Fsp3) is 0.364.